The molecule has 1 aromatic carbocycles. The van der Waals surface area contributed by atoms with Crippen LogP contribution in [0.2, 0.25) is 0 Å². The van der Waals surface area contributed by atoms with Crippen LogP contribution in [0.4, 0.5) is 0 Å². The minimum absolute atomic E-state index is 0.0511. The summed E-state index contributed by atoms with van der Waals surface area (Å²) in [5.74, 6) is 1.40. The lowest BCUT2D eigenvalue weighted by Gasteiger charge is -2.70. The molecule has 0 radical (unpaired) electrons. The van der Waals surface area contributed by atoms with Crippen LogP contribution in [0.15, 0.2) is 18.2 Å². The van der Waals surface area contributed by atoms with Crippen molar-refractivity contribution in [2.24, 2.45) is 17.8 Å². The lowest BCUT2D eigenvalue weighted by atomic mass is 9.46. The minimum atomic E-state index is -0.873. The summed E-state index contributed by atoms with van der Waals surface area (Å²) in [5.41, 5.74) is 1.67. The lowest BCUT2D eigenvalue weighted by molar-refractivity contribution is -0.645. The fourth-order valence-electron chi connectivity index (χ4n) is 6.40. The second kappa shape index (κ2) is 5.13. The van der Waals surface area contributed by atoms with Crippen LogP contribution in [0.25, 0.3) is 0 Å². The molecule has 4 nitrogen and oxygen atoms in total. The van der Waals surface area contributed by atoms with Crippen LogP contribution in [0.3, 0.4) is 0 Å². The third-order valence-electron chi connectivity index (χ3n) is 7.09. The predicted molar refractivity (Wildman–Crippen MR) is 93.5 cm³/mol. The van der Waals surface area contributed by atoms with E-state index in [1.807, 2.05) is 12.1 Å². The molecule has 4 aliphatic carbocycles. The van der Waals surface area contributed by atoms with E-state index in [9.17, 15) is 0 Å². The van der Waals surface area contributed by atoms with Crippen LogP contribution in [0, 0.1) is 24.7 Å². The fraction of sp³-hybridized carbons (Fsp3) is 0.700. The normalized spacial score (nSPS) is 47.1. The monoisotopic (exact) mass is 364 g/mol. The average molecular weight is 365 g/mol. The maximum absolute atomic E-state index is 6.94. The molecule has 5 heteroatoms. The van der Waals surface area contributed by atoms with Gasteiger partial charge in [-0.1, -0.05) is 6.07 Å². The van der Waals surface area contributed by atoms with Gasteiger partial charge in [0.15, 0.2) is 5.60 Å². The fourth-order valence-corrected chi connectivity index (χ4v) is 6.99. The van der Waals surface area contributed by atoms with Crippen LogP contribution >= 0.6 is 11.6 Å². The summed E-state index contributed by atoms with van der Waals surface area (Å²) in [6.07, 6.45) is 5.43. The molecule has 3 unspecified atom stereocenters. The molecular formula is C20H25ClO4. The molecule has 0 aromatic heterocycles. The first-order valence-electron chi connectivity index (χ1n) is 9.22. The van der Waals surface area contributed by atoms with Gasteiger partial charge in [0.2, 0.25) is 0 Å². The van der Waals surface area contributed by atoms with Gasteiger partial charge in [0.05, 0.1) is 7.11 Å². The highest BCUT2D eigenvalue weighted by Crippen LogP contribution is 2.71. The van der Waals surface area contributed by atoms with E-state index in [1.54, 1.807) is 14.2 Å². The maximum Gasteiger partial charge on any atom is 0.260 e. The second-order valence-corrected chi connectivity index (χ2v) is 9.32. The molecule has 1 aliphatic heterocycles. The molecule has 1 spiro atoms. The topological polar surface area (TPSA) is 36.9 Å². The molecule has 1 aromatic rings. The molecular weight excluding hydrogens is 340 g/mol. The van der Waals surface area contributed by atoms with E-state index in [0.717, 1.165) is 49.0 Å². The van der Waals surface area contributed by atoms with Crippen molar-refractivity contribution >= 4 is 11.6 Å². The van der Waals surface area contributed by atoms with Gasteiger partial charge < -0.3 is 9.47 Å². The number of benzene rings is 1. The number of aryl methyl sites for hydroxylation is 1. The van der Waals surface area contributed by atoms with Crippen molar-refractivity contribution in [2.75, 3.05) is 14.2 Å². The van der Waals surface area contributed by atoms with Crippen molar-refractivity contribution in [3.8, 4) is 5.75 Å². The van der Waals surface area contributed by atoms with Gasteiger partial charge in [-0.2, -0.15) is 4.89 Å². The van der Waals surface area contributed by atoms with Crippen LogP contribution in [0.1, 0.15) is 43.2 Å². The van der Waals surface area contributed by atoms with Crippen molar-refractivity contribution in [2.45, 2.75) is 55.3 Å². The molecule has 5 aliphatic rings. The number of alkyl halides is 1. The van der Waals surface area contributed by atoms with E-state index in [4.69, 9.17) is 30.8 Å². The van der Waals surface area contributed by atoms with Gasteiger partial charge in [-0.25, -0.2) is 4.89 Å². The van der Waals surface area contributed by atoms with Crippen molar-refractivity contribution in [1.82, 2.24) is 0 Å². The molecule has 136 valence electrons. The average Bonchev–Trinajstić information content (AvgIpc) is 2.52. The molecule has 0 amide bonds. The van der Waals surface area contributed by atoms with Gasteiger partial charge in [0.1, 0.15) is 5.75 Å². The zero-order valence-corrected chi connectivity index (χ0v) is 15.8. The van der Waals surface area contributed by atoms with Crippen molar-refractivity contribution in [1.29, 1.82) is 0 Å². The molecule has 5 fully saturated rings. The quantitative estimate of drug-likeness (QED) is 0.591. The number of hydrogen-bond donors (Lipinski definition) is 0. The molecule has 4 saturated carbocycles. The molecule has 25 heavy (non-hydrogen) atoms. The van der Waals surface area contributed by atoms with Crippen molar-refractivity contribution < 1.29 is 19.2 Å². The summed E-state index contributed by atoms with van der Waals surface area (Å²) in [6, 6.07) is 6.16. The predicted octanol–water partition coefficient (Wildman–Crippen LogP) is 4.32. The van der Waals surface area contributed by atoms with Crippen LogP contribution in [0.5, 0.6) is 5.75 Å². The van der Waals surface area contributed by atoms with Crippen molar-refractivity contribution in [3.05, 3.63) is 29.3 Å². The second-order valence-electron chi connectivity index (χ2n) is 8.51. The number of halogens is 1. The Hall–Kier alpha value is -0.810. The Morgan fingerprint density at radius 2 is 1.76 bits per heavy atom. The lowest BCUT2D eigenvalue weighted by Crippen LogP contribution is -2.78. The first-order chi connectivity index (χ1) is 11.9. The number of hydrogen-bond acceptors (Lipinski definition) is 4. The SMILES string of the molecule is COc1cc(C)cc(C2(OC)OOC23C2CC4CC3CC(Cl)(C4)C2)c1. The molecule has 3 atom stereocenters. The van der Waals surface area contributed by atoms with Crippen LogP contribution in [-0.2, 0) is 20.3 Å². The smallest absolute Gasteiger partial charge is 0.260 e. The minimum Gasteiger partial charge on any atom is -0.497 e. The summed E-state index contributed by atoms with van der Waals surface area (Å²) in [5, 5.41) is 0. The Morgan fingerprint density at radius 3 is 2.28 bits per heavy atom. The zero-order valence-electron chi connectivity index (χ0n) is 15.0. The summed E-state index contributed by atoms with van der Waals surface area (Å²) in [4.78, 5) is 11.7. The number of methoxy groups -OCH3 is 2. The Balaban J connectivity index is 1.62. The number of rotatable bonds is 3. The highest BCUT2D eigenvalue weighted by atomic mass is 35.5. The van der Waals surface area contributed by atoms with Crippen LogP contribution < -0.4 is 4.74 Å². The Morgan fingerprint density at radius 1 is 1.04 bits per heavy atom. The van der Waals surface area contributed by atoms with E-state index < -0.39 is 11.4 Å². The van der Waals surface area contributed by atoms with E-state index in [1.165, 1.54) is 0 Å². The summed E-state index contributed by atoms with van der Waals surface area (Å²) in [7, 11) is 3.41. The van der Waals surface area contributed by atoms with Gasteiger partial charge in [-0.3, -0.25) is 0 Å². The highest BCUT2D eigenvalue weighted by molar-refractivity contribution is 6.24. The molecule has 1 saturated heterocycles. The zero-order chi connectivity index (χ0) is 17.4. The first kappa shape index (κ1) is 16.4. The van der Waals surface area contributed by atoms with Gasteiger partial charge in [-0.05, 0) is 74.5 Å². The molecule has 1 heterocycles. The standard InChI is InChI=1S/C20H25ClO4/c1-12-4-14(8-17(5-12)22-2)20(23-3)19(24-25-20)15-6-13-7-16(19)11-18(21,9-13)10-15/h4-5,8,13,15-16H,6-7,9-11H2,1-3H3. The molecule has 0 N–H and O–H groups in total. The van der Waals surface area contributed by atoms with Crippen LogP contribution in [-0.4, -0.2) is 24.7 Å². The number of ether oxygens (including phenoxy) is 2. The third-order valence-corrected chi connectivity index (χ3v) is 7.56. The van der Waals surface area contributed by atoms with Gasteiger partial charge in [0.25, 0.3) is 5.79 Å². The highest BCUT2D eigenvalue weighted by Gasteiger charge is 2.78. The van der Waals surface area contributed by atoms with Gasteiger partial charge >= 0.3 is 0 Å². The van der Waals surface area contributed by atoms with E-state index in [-0.39, 0.29) is 4.87 Å². The Labute approximate surface area is 153 Å². The summed E-state index contributed by atoms with van der Waals surface area (Å²) >= 11 is 6.94. The van der Waals surface area contributed by atoms with E-state index in [2.05, 4.69) is 13.0 Å². The molecule has 6 rings (SSSR count). The molecule has 4 bridgehead atoms. The Bertz CT molecular complexity index is 700. The summed E-state index contributed by atoms with van der Waals surface area (Å²) in [6.45, 7) is 2.06. The van der Waals surface area contributed by atoms with E-state index >= 15 is 0 Å². The third kappa shape index (κ3) is 1.94. The Kier molecular flexibility index (Phi) is 3.36. The van der Waals surface area contributed by atoms with Gasteiger partial charge in [0, 0.05) is 17.5 Å². The largest absolute Gasteiger partial charge is 0.497 e. The van der Waals surface area contributed by atoms with Gasteiger partial charge in [-0.15, -0.1) is 11.6 Å². The maximum atomic E-state index is 6.94. The van der Waals surface area contributed by atoms with Crippen molar-refractivity contribution in [3.63, 3.8) is 0 Å². The first-order valence-corrected chi connectivity index (χ1v) is 9.59. The summed E-state index contributed by atoms with van der Waals surface area (Å²) < 4.78 is 11.6. The van der Waals surface area contributed by atoms with E-state index in [0.29, 0.717) is 17.8 Å².